The predicted octanol–water partition coefficient (Wildman–Crippen LogP) is 1.79. The first-order valence-electron chi connectivity index (χ1n) is 7.63. The summed E-state index contributed by atoms with van der Waals surface area (Å²) in [7, 11) is 0. The molecule has 1 saturated heterocycles. The zero-order valence-corrected chi connectivity index (χ0v) is 13.9. The third-order valence-corrected chi connectivity index (χ3v) is 4.90. The molecule has 0 aliphatic carbocycles. The Labute approximate surface area is 139 Å². The molecule has 5 nitrogen and oxygen atoms in total. The number of aromatic nitrogens is 2. The Morgan fingerprint density at radius 3 is 2.78 bits per heavy atom. The van der Waals surface area contributed by atoms with Crippen molar-refractivity contribution < 1.29 is 4.79 Å². The Bertz CT molecular complexity index is 752. The van der Waals surface area contributed by atoms with Gasteiger partial charge in [-0.05, 0) is 30.2 Å². The van der Waals surface area contributed by atoms with Crippen molar-refractivity contribution in [3.05, 3.63) is 63.8 Å². The summed E-state index contributed by atoms with van der Waals surface area (Å²) in [6.07, 6.45) is 5.17. The molecule has 1 aliphatic rings. The molecule has 120 valence electrons. The maximum absolute atomic E-state index is 12.8. The smallest absolute Gasteiger partial charge is 0.263 e. The minimum absolute atomic E-state index is 0.145. The first kappa shape index (κ1) is 15.8. The van der Waals surface area contributed by atoms with Crippen LogP contribution in [0.5, 0.6) is 0 Å². The lowest BCUT2D eigenvalue weighted by Gasteiger charge is -2.26. The standard InChI is InChI=1S/C17H19N3O2S/c1-13-4-6-20(12-14-3-2-5-18-11-14)17(22)15(13)16(21)19-7-9-23-10-8-19/h2-6,11H,7-10,12H2,1H3. The molecule has 3 heterocycles. The molecule has 3 rings (SSSR count). The topological polar surface area (TPSA) is 55.2 Å². The lowest BCUT2D eigenvalue weighted by atomic mass is 10.1. The van der Waals surface area contributed by atoms with Gasteiger partial charge >= 0.3 is 0 Å². The monoisotopic (exact) mass is 329 g/mol. The van der Waals surface area contributed by atoms with Crippen LogP contribution in [0.15, 0.2) is 41.6 Å². The Balaban J connectivity index is 1.92. The van der Waals surface area contributed by atoms with Gasteiger partial charge in [-0.15, -0.1) is 0 Å². The van der Waals surface area contributed by atoms with E-state index in [1.807, 2.05) is 36.9 Å². The molecule has 0 atom stereocenters. The summed E-state index contributed by atoms with van der Waals surface area (Å²) < 4.78 is 1.58. The molecule has 2 aromatic heterocycles. The van der Waals surface area contributed by atoms with Crippen LogP contribution in [0, 0.1) is 6.92 Å². The molecule has 0 radical (unpaired) electrons. The molecule has 0 N–H and O–H groups in total. The van der Waals surface area contributed by atoms with Crippen molar-refractivity contribution in [3.63, 3.8) is 0 Å². The third kappa shape index (κ3) is 3.47. The van der Waals surface area contributed by atoms with E-state index in [0.29, 0.717) is 25.2 Å². The van der Waals surface area contributed by atoms with E-state index in [9.17, 15) is 9.59 Å². The maximum Gasteiger partial charge on any atom is 0.263 e. The maximum atomic E-state index is 12.8. The van der Waals surface area contributed by atoms with Gasteiger partial charge in [-0.1, -0.05) is 6.07 Å². The van der Waals surface area contributed by atoms with E-state index in [-0.39, 0.29) is 11.5 Å². The first-order chi connectivity index (χ1) is 11.2. The van der Waals surface area contributed by atoms with Gasteiger partial charge in [0.1, 0.15) is 5.56 Å². The van der Waals surface area contributed by atoms with E-state index in [1.165, 1.54) is 0 Å². The van der Waals surface area contributed by atoms with Crippen LogP contribution in [0.3, 0.4) is 0 Å². The Morgan fingerprint density at radius 1 is 1.30 bits per heavy atom. The Hall–Kier alpha value is -2.08. The molecule has 2 aromatic rings. The van der Waals surface area contributed by atoms with E-state index >= 15 is 0 Å². The minimum atomic E-state index is -0.225. The fourth-order valence-electron chi connectivity index (χ4n) is 2.66. The second-order valence-corrected chi connectivity index (χ2v) is 6.80. The van der Waals surface area contributed by atoms with Crippen LogP contribution in [-0.4, -0.2) is 45.0 Å². The quantitative estimate of drug-likeness (QED) is 0.861. The van der Waals surface area contributed by atoms with Crippen LogP contribution >= 0.6 is 11.8 Å². The summed E-state index contributed by atoms with van der Waals surface area (Å²) in [4.78, 5) is 31.4. The van der Waals surface area contributed by atoms with E-state index in [0.717, 1.165) is 22.6 Å². The van der Waals surface area contributed by atoms with Crippen LogP contribution in [0.4, 0.5) is 0 Å². The van der Waals surface area contributed by atoms with Crippen LogP contribution in [0.1, 0.15) is 21.5 Å². The number of rotatable bonds is 3. The fourth-order valence-corrected chi connectivity index (χ4v) is 3.57. The lowest BCUT2D eigenvalue weighted by molar-refractivity contribution is 0.0769. The van der Waals surface area contributed by atoms with Crippen LogP contribution in [0.25, 0.3) is 0 Å². The van der Waals surface area contributed by atoms with Crippen LogP contribution in [0.2, 0.25) is 0 Å². The van der Waals surface area contributed by atoms with Gasteiger partial charge in [0.2, 0.25) is 0 Å². The summed E-state index contributed by atoms with van der Waals surface area (Å²) in [6.45, 7) is 3.66. The highest BCUT2D eigenvalue weighted by Crippen LogP contribution is 2.13. The van der Waals surface area contributed by atoms with Gasteiger partial charge in [0.15, 0.2) is 0 Å². The normalized spacial score (nSPS) is 14.7. The number of carbonyl (C=O) groups is 1. The SMILES string of the molecule is Cc1ccn(Cc2cccnc2)c(=O)c1C(=O)N1CCSCC1. The van der Waals surface area contributed by atoms with E-state index in [4.69, 9.17) is 0 Å². The van der Waals surface area contributed by atoms with E-state index in [1.54, 1.807) is 28.1 Å². The van der Waals surface area contributed by atoms with Gasteiger partial charge in [0, 0.05) is 43.2 Å². The average Bonchev–Trinajstić information content (AvgIpc) is 2.59. The molecule has 0 bridgehead atoms. The van der Waals surface area contributed by atoms with E-state index < -0.39 is 0 Å². The molecule has 1 amide bonds. The van der Waals surface area contributed by atoms with Crippen LogP contribution in [-0.2, 0) is 6.54 Å². The zero-order valence-electron chi connectivity index (χ0n) is 13.1. The molecule has 0 unspecified atom stereocenters. The van der Waals surface area contributed by atoms with Gasteiger partial charge in [-0.25, -0.2) is 0 Å². The second kappa shape index (κ2) is 7.00. The van der Waals surface area contributed by atoms with Gasteiger partial charge in [0.05, 0.1) is 6.54 Å². The highest BCUT2D eigenvalue weighted by molar-refractivity contribution is 7.99. The number of thioether (sulfide) groups is 1. The fraction of sp³-hybridized carbons (Fsp3) is 0.353. The number of hydrogen-bond donors (Lipinski definition) is 0. The summed E-state index contributed by atoms with van der Waals surface area (Å²) in [5.74, 6) is 1.72. The number of nitrogens with zero attached hydrogens (tertiary/aromatic N) is 3. The molecule has 0 saturated carbocycles. The molecule has 23 heavy (non-hydrogen) atoms. The van der Waals surface area contributed by atoms with Crippen molar-refractivity contribution in [2.45, 2.75) is 13.5 Å². The molecular formula is C17H19N3O2S. The second-order valence-electron chi connectivity index (χ2n) is 5.57. The summed E-state index contributed by atoms with van der Waals surface area (Å²) in [6, 6.07) is 5.60. The van der Waals surface area contributed by atoms with Gasteiger partial charge in [-0.3, -0.25) is 14.6 Å². The van der Waals surface area contributed by atoms with E-state index in [2.05, 4.69) is 4.98 Å². The summed E-state index contributed by atoms with van der Waals surface area (Å²) in [5.41, 5.74) is 1.74. The molecule has 1 aliphatic heterocycles. The highest BCUT2D eigenvalue weighted by Gasteiger charge is 2.23. The van der Waals surface area contributed by atoms with Crippen molar-refractivity contribution >= 4 is 17.7 Å². The van der Waals surface area contributed by atoms with Crippen molar-refractivity contribution in [2.24, 2.45) is 0 Å². The molecule has 1 fully saturated rings. The third-order valence-electron chi connectivity index (χ3n) is 3.96. The summed E-state index contributed by atoms with van der Waals surface area (Å²) in [5, 5.41) is 0. The number of amides is 1. The van der Waals surface area contributed by atoms with Crippen molar-refractivity contribution in [1.82, 2.24) is 14.5 Å². The van der Waals surface area contributed by atoms with Crippen molar-refractivity contribution in [2.75, 3.05) is 24.6 Å². The number of aryl methyl sites for hydroxylation is 1. The number of hydrogen-bond acceptors (Lipinski definition) is 4. The van der Waals surface area contributed by atoms with Gasteiger partial charge in [-0.2, -0.15) is 11.8 Å². The Morgan fingerprint density at radius 2 is 2.09 bits per heavy atom. The zero-order chi connectivity index (χ0) is 16.2. The predicted molar refractivity (Wildman–Crippen MR) is 92.0 cm³/mol. The lowest BCUT2D eigenvalue weighted by Crippen LogP contribution is -2.41. The number of pyridine rings is 2. The Kier molecular flexibility index (Phi) is 4.81. The number of carbonyl (C=O) groups excluding carboxylic acids is 1. The van der Waals surface area contributed by atoms with Crippen molar-refractivity contribution in [3.8, 4) is 0 Å². The molecule has 6 heteroatoms. The van der Waals surface area contributed by atoms with Crippen molar-refractivity contribution in [1.29, 1.82) is 0 Å². The average molecular weight is 329 g/mol. The summed E-state index contributed by atoms with van der Waals surface area (Å²) >= 11 is 1.84. The first-order valence-corrected chi connectivity index (χ1v) is 8.78. The largest absolute Gasteiger partial charge is 0.337 e. The van der Waals surface area contributed by atoms with Gasteiger partial charge < -0.3 is 9.47 Å². The molecular weight excluding hydrogens is 310 g/mol. The van der Waals surface area contributed by atoms with Crippen LogP contribution < -0.4 is 5.56 Å². The minimum Gasteiger partial charge on any atom is -0.337 e. The molecule has 0 aromatic carbocycles. The highest BCUT2D eigenvalue weighted by atomic mass is 32.2. The van der Waals surface area contributed by atoms with Gasteiger partial charge in [0.25, 0.3) is 11.5 Å². The molecule has 0 spiro atoms.